The van der Waals surface area contributed by atoms with Gasteiger partial charge in [0.15, 0.2) is 17.5 Å². The normalized spacial score (nSPS) is 20.4. The van der Waals surface area contributed by atoms with Crippen LogP contribution in [-0.4, -0.2) is 38.1 Å². The molecule has 0 unspecified atom stereocenters. The van der Waals surface area contributed by atoms with Crippen molar-refractivity contribution in [1.29, 1.82) is 0 Å². The van der Waals surface area contributed by atoms with E-state index in [1.54, 1.807) is 0 Å². The Kier molecular flexibility index (Phi) is 5.18. The number of nitrogens with zero attached hydrogens (tertiary/aromatic N) is 4. The molecule has 0 bridgehead atoms. The van der Waals surface area contributed by atoms with Crippen LogP contribution in [0.2, 0.25) is 0 Å². The fraction of sp³-hybridized carbons (Fsp3) is 0.438. The summed E-state index contributed by atoms with van der Waals surface area (Å²) in [5, 5.41) is 6.10. The van der Waals surface area contributed by atoms with Crippen molar-refractivity contribution in [1.82, 2.24) is 19.7 Å². The summed E-state index contributed by atoms with van der Waals surface area (Å²) in [6, 6.07) is -0.383. The maximum Gasteiger partial charge on any atom is 0.451 e. The Morgan fingerprint density at radius 3 is 2.48 bits per heavy atom. The first-order valence-electron chi connectivity index (χ1n) is 9.78. The summed E-state index contributed by atoms with van der Waals surface area (Å²) in [6.45, 7) is -7.52. The number of benzene rings is 1. The van der Waals surface area contributed by atoms with Gasteiger partial charge < -0.3 is 15.2 Å². The van der Waals surface area contributed by atoms with Gasteiger partial charge in [-0.05, 0) is 18.1 Å². The Labute approximate surface area is 172 Å². The summed E-state index contributed by atoms with van der Waals surface area (Å²) in [5.41, 5.74) is 5.40. The third-order valence-corrected chi connectivity index (χ3v) is 3.89. The maximum atomic E-state index is 13.8. The zero-order chi connectivity index (χ0) is 24.2. The van der Waals surface area contributed by atoms with Gasteiger partial charge in [0.25, 0.3) is 0 Å². The van der Waals surface area contributed by atoms with Gasteiger partial charge in [-0.3, -0.25) is 4.79 Å². The number of rotatable bonds is 4. The number of halogens is 7. The number of carbonyl (C=O) groups excluding carboxylic acids is 1. The highest BCUT2D eigenvalue weighted by Gasteiger charge is 2.39. The van der Waals surface area contributed by atoms with Crippen LogP contribution in [0.25, 0.3) is 0 Å². The van der Waals surface area contributed by atoms with Crippen molar-refractivity contribution in [2.24, 2.45) is 5.73 Å². The first-order chi connectivity index (χ1) is 14.6. The standard InChI is InChI=1S/C16H15F6N5O.ClH/c17-10-6-12(19)11(18)4-8(10)3-9(23)5-14(28)26-1-2-27-13(7-26)24-25-15(27)16(20,21)22;/h4,6,9H,1-3,5,7,23H2;1H/t9-;/m1./s1/i1D2,2D2;. The molecule has 1 atom stereocenters. The SMILES string of the molecule is Cl.[2H]C1([2H])N(C(=O)C[C@H](N)Cc2cc(F)c(F)cc2F)Cc2nnc(C(F)(F)F)n2C1([2H])[2H]. The molecule has 6 nitrogen and oxygen atoms in total. The van der Waals surface area contributed by atoms with Crippen LogP contribution >= 0.6 is 12.4 Å². The fourth-order valence-corrected chi connectivity index (χ4v) is 2.57. The molecule has 1 aromatic carbocycles. The minimum atomic E-state index is -5.13. The van der Waals surface area contributed by atoms with E-state index in [2.05, 4.69) is 10.2 Å². The van der Waals surface area contributed by atoms with Gasteiger partial charge in [0.2, 0.25) is 11.7 Å². The van der Waals surface area contributed by atoms with E-state index in [4.69, 9.17) is 11.2 Å². The Morgan fingerprint density at radius 1 is 1.17 bits per heavy atom. The molecule has 0 radical (unpaired) electrons. The molecular formula is C16H16ClF6N5O. The van der Waals surface area contributed by atoms with E-state index in [1.165, 1.54) is 0 Å². The van der Waals surface area contributed by atoms with Crippen LogP contribution < -0.4 is 5.73 Å². The molecule has 1 aliphatic heterocycles. The van der Waals surface area contributed by atoms with Crippen molar-refractivity contribution in [3.05, 3.63) is 46.8 Å². The van der Waals surface area contributed by atoms with Crippen LogP contribution in [0.15, 0.2) is 12.1 Å². The van der Waals surface area contributed by atoms with E-state index in [0.717, 1.165) is 0 Å². The minimum Gasteiger partial charge on any atom is -0.333 e. The van der Waals surface area contributed by atoms with Crippen molar-refractivity contribution in [3.8, 4) is 0 Å². The van der Waals surface area contributed by atoms with Gasteiger partial charge in [0.05, 0.1) is 12.0 Å². The van der Waals surface area contributed by atoms with Crippen LogP contribution in [0.4, 0.5) is 26.3 Å². The number of alkyl halides is 3. The topological polar surface area (TPSA) is 77.0 Å². The van der Waals surface area contributed by atoms with E-state index in [1.807, 2.05) is 0 Å². The van der Waals surface area contributed by atoms with Crippen molar-refractivity contribution in [2.45, 2.75) is 38.1 Å². The van der Waals surface area contributed by atoms with Gasteiger partial charge in [-0.1, -0.05) is 0 Å². The summed E-state index contributed by atoms with van der Waals surface area (Å²) >= 11 is 0. The molecule has 29 heavy (non-hydrogen) atoms. The van der Waals surface area contributed by atoms with Gasteiger partial charge in [0, 0.05) is 31.5 Å². The fourth-order valence-electron chi connectivity index (χ4n) is 2.57. The average Bonchev–Trinajstić information content (AvgIpc) is 3.08. The lowest BCUT2D eigenvalue weighted by molar-refractivity contribution is -0.148. The highest BCUT2D eigenvalue weighted by Crippen LogP contribution is 2.29. The lowest BCUT2D eigenvalue weighted by Gasteiger charge is -2.29. The van der Waals surface area contributed by atoms with E-state index < -0.39 is 79.6 Å². The van der Waals surface area contributed by atoms with Gasteiger partial charge in [-0.25, -0.2) is 13.2 Å². The first kappa shape index (κ1) is 17.5. The molecule has 1 amide bonds. The number of aromatic nitrogens is 3. The lowest BCUT2D eigenvalue weighted by Crippen LogP contribution is -2.42. The number of fused-ring (bicyclic) bond motifs is 1. The molecule has 0 fully saturated rings. The second-order valence-corrected chi connectivity index (χ2v) is 6.00. The third kappa shape index (κ3) is 4.99. The Morgan fingerprint density at radius 2 is 1.83 bits per heavy atom. The quantitative estimate of drug-likeness (QED) is 0.577. The van der Waals surface area contributed by atoms with Crippen molar-refractivity contribution < 1.29 is 36.6 Å². The molecule has 160 valence electrons. The number of hydrogen-bond donors (Lipinski definition) is 1. The Bertz CT molecular complexity index is 1070. The smallest absolute Gasteiger partial charge is 0.333 e. The number of carbonyl (C=O) groups is 1. The summed E-state index contributed by atoms with van der Waals surface area (Å²) in [5.74, 6) is -7.42. The predicted molar refractivity (Wildman–Crippen MR) is 90.3 cm³/mol. The third-order valence-electron chi connectivity index (χ3n) is 3.89. The van der Waals surface area contributed by atoms with E-state index >= 15 is 0 Å². The Balaban J connectivity index is 0.00000385. The van der Waals surface area contributed by atoms with Gasteiger partial charge in [-0.15, -0.1) is 22.6 Å². The van der Waals surface area contributed by atoms with Crippen LogP contribution in [-0.2, 0) is 30.4 Å². The molecule has 13 heteroatoms. The molecule has 1 aromatic heterocycles. The molecule has 3 rings (SSSR count). The van der Waals surface area contributed by atoms with Crippen molar-refractivity contribution in [2.75, 3.05) is 6.50 Å². The van der Waals surface area contributed by atoms with Crippen molar-refractivity contribution in [3.63, 3.8) is 0 Å². The largest absolute Gasteiger partial charge is 0.451 e. The lowest BCUT2D eigenvalue weighted by atomic mass is 10.0. The molecular weight excluding hydrogens is 428 g/mol. The van der Waals surface area contributed by atoms with Gasteiger partial charge in [0.1, 0.15) is 5.82 Å². The molecule has 2 aromatic rings. The summed E-state index contributed by atoms with van der Waals surface area (Å²) < 4.78 is 111. The zero-order valence-corrected chi connectivity index (χ0v) is 15.1. The summed E-state index contributed by atoms with van der Waals surface area (Å²) in [6.07, 6.45) is -6.28. The second-order valence-electron chi connectivity index (χ2n) is 6.00. The Hall–Kier alpha value is -2.34. The molecule has 0 saturated heterocycles. The van der Waals surface area contributed by atoms with Gasteiger partial charge in [-0.2, -0.15) is 13.2 Å². The number of amides is 1. The molecule has 0 spiro atoms. The minimum absolute atomic E-state index is 0. The highest BCUT2D eigenvalue weighted by atomic mass is 35.5. The zero-order valence-electron chi connectivity index (χ0n) is 18.3. The van der Waals surface area contributed by atoms with Crippen LogP contribution in [0.1, 0.15) is 29.1 Å². The van der Waals surface area contributed by atoms with Crippen LogP contribution in [0, 0.1) is 17.5 Å². The second kappa shape index (κ2) is 8.57. The molecule has 2 N–H and O–H groups in total. The highest BCUT2D eigenvalue weighted by molar-refractivity contribution is 5.85. The number of nitrogens with two attached hydrogens (primary N) is 1. The number of hydrogen-bond acceptors (Lipinski definition) is 4. The van der Waals surface area contributed by atoms with Gasteiger partial charge >= 0.3 is 6.18 Å². The summed E-state index contributed by atoms with van der Waals surface area (Å²) in [4.78, 5) is 13.0. The van der Waals surface area contributed by atoms with Crippen LogP contribution in [0.5, 0.6) is 0 Å². The van der Waals surface area contributed by atoms with E-state index in [0.29, 0.717) is 17.0 Å². The molecule has 0 saturated carbocycles. The van der Waals surface area contributed by atoms with Crippen LogP contribution in [0.3, 0.4) is 0 Å². The predicted octanol–water partition coefficient (Wildman–Crippen LogP) is 2.44. The summed E-state index contributed by atoms with van der Waals surface area (Å²) in [7, 11) is 0. The van der Waals surface area contributed by atoms with E-state index in [-0.39, 0.29) is 22.5 Å². The average molecular weight is 448 g/mol. The van der Waals surface area contributed by atoms with E-state index in [9.17, 15) is 31.1 Å². The molecule has 2 heterocycles. The molecule has 0 aliphatic carbocycles. The monoisotopic (exact) mass is 447 g/mol. The maximum absolute atomic E-state index is 13.8. The van der Waals surface area contributed by atoms with Crippen molar-refractivity contribution >= 4 is 18.3 Å². The molecule has 1 aliphatic rings. The first-order valence-corrected chi connectivity index (χ1v) is 7.78.